The van der Waals surface area contributed by atoms with Crippen molar-refractivity contribution in [2.24, 2.45) is 11.8 Å². The van der Waals surface area contributed by atoms with Gasteiger partial charge in [0.2, 0.25) is 0 Å². The number of aromatic nitrogens is 2. The average Bonchev–Trinajstić information content (AvgIpc) is 3.20. The zero-order valence-corrected chi connectivity index (χ0v) is 22.2. The van der Waals surface area contributed by atoms with Gasteiger partial charge in [-0.3, -0.25) is 0 Å². The third-order valence-electron chi connectivity index (χ3n) is 6.90. The minimum atomic E-state index is -0.467. The molecule has 3 aromatic rings. The summed E-state index contributed by atoms with van der Waals surface area (Å²) in [6, 6.07) is 6.66. The Balaban J connectivity index is 1.66. The summed E-state index contributed by atoms with van der Waals surface area (Å²) in [4.78, 5) is 21.3. The van der Waals surface area contributed by atoms with Crippen LogP contribution in [0.5, 0.6) is 5.75 Å². The van der Waals surface area contributed by atoms with Gasteiger partial charge < -0.3 is 0 Å². The van der Waals surface area contributed by atoms with Gasteiger partial charge in [0.15, 0.2) is 0 Å². The number of anilines is 3. The summed E-state index contributed by atoms with van der Waals surface area (Å²) in [6.45, 7) is 5.47. The van der Waals surface area contributed by atoms with E-state index in [0.717, 1.165) is 46.5 Å². The van der Waals surface area contributed by atoms with Gasteiger partial charge in [0.1, 0.15) is 0 Å². The van der Waals surface area contributed by atoms with Gasteiger partial charge in [0.25, 0.3) is 0 Å². The normalized spacial score (nSPS) is 22.2. The van der Waals surface area contributed by atoms with Gasteiger partial charge in [-0.15, -0.1) is 0 Å². The predicted octanol–water partition coefficient (Wildman–Crippen LogP) is 1.76. The quantitative estimate of drug-likeness (QED) is 0.212. The number of H-pyrrole nitrogens is 1. The van der Waals surface area contributed by atoms with Gasteiger partial charge in [-0.2, -0.15) is 0 Å². The van der Waals surface area contributed by atoms with Crippen molar-refractivity contribution in [3.8, 4) is 17.0 Å². The van der Waals surface area contributed by atoms with Gasteiger partial charge in [0, 0.05) is 0 Å². The van der Waals surface area contributed by atoms with E-state index < -0.39 is 5.82 Å². The first-order valence-corrected chi connectivity index (χ1v) is 14.6. The van der Waals surface area contributed by atoms with E-state index in [4.69, 9.17) is 4.74 Å². The molecule has 0 saturated carbocycles. The van der Waals surface area contributed by atoms with Crippen LogP contribution < -0.4 is 41.9 Å². The van der Waals surface area contributed by atoms with Crippen LogP contribution in [-0.4, -0.2) is 38.0 Å². The van der Waals surface area contributed by atoms with E-state index in [0.29, 0.717) is 28.8 Å². The number of hydrogen-bond donors (Lipinski definition) is 4. The number of methoxy groups -OCH3 is 1. The number of benzene rings is 1. The van der Waals surface area contributed by atoms with Crippen LogP contribution in [0.2, 0.25) is 0 Å². The van der Waals surface area contributed by atoms with Crippen LogP contribution in [0.25, 0.3) is 11.3 Å². The molecule has 4 heterocycles. The maximum atomic E-state index is 14.5. The Hall–Kier alpha value is -2.82. The van der Waals surface area contributed by atoms with Crippen molar-refractivity contribution in [2.45, 2.75) is 30.7 Å². The first kappa shape index (κ1) is 23.9. The number of carbonyl (C=O) groups excluding carboxylic acids is 1. The molecule has 7 nitrogen and oxygen atoms in total. The van der Waals surface area contributed by atoms with Crippen LogP contribution in [0.15, 0.2) is 36.7 Å². The number of alkyl halides is 2. The molecule has 0 fully saturated rings. The molecule has 0 spiro atoms. The molecule has 3 atom stereocenters. The molecule has 3 bridgehead atoms. The van der Waals surface area contributed by atoms with Crippen LogP contribution in [-0.2, 0) is 6.42 Å². The van der Waals surface area contributed by atoms with E-state index in [1.54, 1.807) is 18.3 Å². The molecule has 2 aliphatic heterocycles. The second kappa shape index (κ2) is 10.0. The number of fused-ring (bicyclic) bond motifs is 4. The Labute approximate surface area is 214 Å². The van der Waals surface area contributed by atoms with Crippen LogP contribution in [0.4, 0.5) is 21.5 Å². The number of ether oxygens (including phenoxy) is 1. The molecule has 186 valence electrons. The number of nitrogens with one attached hydrogen (secondary N) is 4. The Morgan fingerprint density at radius 3 is 2.91 bits per heavy atom. The number of amides is 1. The Bertz CT molecular complexity index is 1250. The molecule has 2 aliphatic rings. The van der Waals surface area contributed by atoms with Crippen molar-refractivity contribution in [1.29, 1.82) is 0 Å². The molecule has 2 aromatic heterocycles. The van der Waals surface area contributed by atoms with Crippen molar-refractivity contribution < 1.29 is 35.1 Å². The average molecular weight is 590 g/mol. The zero-order valence-electron chi connectivity index (χ0n) is 20.0. The molecule has 35 heavy (non-hydrogen) atoms. The van der Waals surface area contributed by atoms with Crippen molar-refractivity contribution in [3.05, 3.63) is 53.7 Å². The second-order valence-corrected chi connectivity index (χ2v) is 12.5. The summed E-state index contributed by atoms with van der Waals surface area (Å²) in [7, 11) is 1.44. The molecular weight excluding hydrogens is 560 g/mol. The van der Waals surface area contributed by atoms with Crippen molar-refractivity contribution in [2.75, 3.05) is 28.7 Å². The fourth-order valence-corrected chi connectivity index (χ4v) is 8.18. The summed E-state index contributed by atoms with van der Waals surface area (Å²) in [6.07, 6.45) is 5.38. The van der Waals surface area contributed by atoms with Crippen LogP contribution >= 0.6 is 0 Å². The third kappa shape index (κ3) is 4.70. The Morgan fingerprint density at radius 2 is 2.09 bits per heavy atom. The van der Waals surface area contributed by atoms with Gasteiger partial charge in [-0.05, 0) is 0 Å². The summed E-state index contributed by atoms with van der Waals surface area (Å²) >= 11 is -0.209. The summed E-state index contributed by atoms with van der Waals surface area (Å²) in [5.74, 6) is 0.735. The second-order valence-electron chi connectivity index (χ2n) is 9.22. The number of halogens is 2. The number of pyridine rings is 1. The first-order valence-electron chi connectivity index (χ1n) is 11.9. The number of aromatic amines is 1. The molecule has 1 aromatic carbocycles. The van der Waals surface area contributed by atoms with Crippen LogP contribution in [0, 0.1) is 17.7 Å². The van der Waals surface area contributed by atoms with E-state index in [2.05, 4.69) is 39.8 Å². The number of carbonyl (C=O) groups is 1. The Kier molecular flexibility index (Phi) is 6.86. The van der Waals surface area contributed by atoms with E-state index in [1.807, 2.05) is 12.3 Å². The van der Waals surface area contributed by atoms with Crippen molar-refractivity contribution in [3.63, 3.8) is 0 Å². The molecule has 1 amide bonds. The van der Waals surface area contributed by atoms with Gasteiger partial charge in [-0.1, -0.05) is 0 Å². The van der Waals surface area contributed by atoms with Crippen LogP contribution in [0.3, 0.4) is 0 Å². The fourth-order valence-electron chi connectivity index (χ4n) is 4.64. The standard InChI is InChI=1S/C26H30FIN5O2/c1-14-7-10-30-20-13-29-9-8-16(20)23-24(31-18-6-4-5-17(27)25(18)35-3)22-19(32-23)11-21(33-26(22)34)28-12-15(14)2/h4-6,8-9,13-15,21,30-32H,7,10-12H2,1-3H3,(H,33,34)/q-1. The van der Waals surface area contributed by atoms with Crippen molar-refractivity contribution in [1.82, 2.24) is 15.3 Å². The number of rotatable bonds is 3. The van der Waals surface area contributed by atoms with Gasteiger partial charge >= 0.3 is 215 Å². The fraction of sp³-hybridized carbons (Fsp3) is 0.385. The molecule has 5 rings (SSSR count). The van der Waals surface area contributed by atoms with E-state index in [9.17, 15) is 9.18 Å². The molecular formula is C26H30FIN5O2-. The van der Waals surface area contributed by atoms with Crippen molar-refractivity contribution >= 4 is 23.0 Å². The SMILES string of the molecule is COc1c(F)cccc1Nc1c2[nH]c3c1C(=O)NC(C3)[I-]CC(C)C(C)CCNc1cnccc1-2. The molecule has 9 heteroatoms. The van der Waals surface area contributed by atoms with Crippen LogP contribution in [0.1, 0.15) is 36.3 Å². The van der Waals surface area contributed by atoms with E-state index >= 15 is 0 Å². The number of hydrogen-bond acceptors (Lipinski definition) is 5. The molecule has 0 aliphatic carbocycles. The number of nitrogens with zero attached hydrogens (tertiary/aromatic N) is 1. The third-order valence-corrected chi connectivity index (χ3v) is 10.6. The summed E-state index contributed by atoms with van der Waals surface area (Å²) < 4.78 is 21.1. The monoisotopic (exact) mass is 590 g/mol. The summed E-state index contributed by atoms with van der Waals surface area (Å²) in [5, 5.41) is 10.2. The molecule has 4 N–H and O–H groups in total. The minimum absolute atomic E-state index is 0.101. The number of para-hydroxylation sites is 1. The zero-order chi connectivity index (χ0) is 24.5. The summed E-state index contributed by atoms with van der Waals surface area (Å²) in [5.41, 5.74) is 5.13. The maximum absolute atomic E-state index is 14.5. The molecule has 0 radical (unpaired) electrons. The van der Waals surface area contributed by atoms with Gasteiger partial charge in [0.05, 0.1) is 0 Å². The Morgan fingerprint density at radius 1 is 1.23 bits per heavy atom. The molecule has 0 saturated heterocycles. The van der Waals surface area contributed by atoms with Gasteiger partial charge in [-0.25, -0.2) is 0 Å². The van der Waals surface area contributed by atoms with E-state index in [-0.39, 0.29) is 36.9 Å². The van der Waals surface area contributed by atoms with E-state index in [1.165, 1.54) is 13.2 Å². The molecule has 3 unspecified atom stereocenters. The first-order chi connectivity index (χ1) is 17.0. The predicted molar refractivity (Wildman–Crippen MR) is 132 cm³/mol. The topological polar surface area (TPSA) is 91.1 Å².